The molecule has 2 rings (SSSR count). The maximum Gasteiger partial charge on any atom is 0.277 e. The van der Waals surface area contributed by atoms with Crippen molar-refractivity contribution >= 4 is 28.1 Å². The van der Waals surface area contributed by atoms with Crippen LogP contribution in [0.25, 0.3) is 0 Å². The second kappa shape index (κ2) is 12.1. The normalized spacial score (nSPS) is 10.8. The van der Waals surface area contributed by atoms with E-state index in [0.717, 1.165) is 29.3 Å². The summed E-state index contributed by atoms with van der Waals surface area (Å²) >= 11 is 3.48. The minimum absolute atomic E-state index is 0.129. The van der Waals surface area contributed by atoms with Crippen molar-refractivity contribution in [1.82, 2.24) is 5.43 Å². The number of halogens is 1. The molecule has 1 amide bonds. The molecule has 2 aromatic carbocycles. The van der Waals surface area contributed by atoms with Crippen LogP contribution in [-0.2, 0) is 11.2 Å². The zero-order valence-electron chi connectivity index (χ0n) is 17.0. The number of hydrogen-bond donors (Lipinski definition) is 1. The first-order valence-corrected chi connectivity index (χ1v) is 10.4. The monoisotopic (exact) mass is 462 g/mol. The van der Waals surface area contributed by atoms with Crippen molar-refractivity contribution in [3.8, 4) is 17.2 Å². The Kier molecular flexibility index (Phi) is 9.50. The number of hydrogen-bond acceptors (Lipinski definition) is 5. The Balaban J connectivity index is 1.86. The van der Waals surface area contributed by atoms with E-state index in [2.05, 4.69) is 33.4 Å². The van der Waals surface area contributed by atoms with Crippen LogP contribution in [0.15, 0.2) is 46.0 Å². The minimum atomic E-state index is -0.347. The molecular formula is C22H27BrN2O4. The molecule has 0 spiro atoms. The molecule has 0 saturated heterocycles. The van der Waals surface area contributed by atoms with E-state index in [1.165, 1.54) is 5.56 Å². The molecule has 1 N–H and O–H groups in total. The van der Waals surface area contributed by atoms with Gasteiger partial charge in [0.25, 0.3) is 5.91 Å². The summed E-state index contributed by atoms with van der Waals surface area (Å²) in [5.41, 5.74) is 4.46. The average molecular weight is 463 g/mol. The van der Waals surface area contributed by atoms with Crippen LogP contribution in [0.5, 0.6) is 17.2 Å². The summed E-state index contributed by atoms with van der Waals surface area (Å²) < 4.78 is 17.3. The molecule has 0 unspecified atom stereocenters. The Morgan fingerprint density at radius 2 is 1.86 bits per heavy atom. The number of carbonyl (C=O) groups excluding carboxylic acids is 1. The van der Waals surface area contributed by atoms with Crippen molar-refractivity contribution in [3.05, 3.63) is 52.0 Å². The molecule has 7 heteroatoms. The maximum absolute atomic E-state index is 12.0. The van der Waals surface area contributed by atoms with Gasteiger partial charge in [-0.1, -0.05) is 26.3 Å². The Morgan fingerprint density at radius 3 is 2.55 bits per heavy atom. The summed E-state index contributed by atoms with van der Waals surface area (Å²) in [4.78, 5) is 12.0. The Bertz CT molecular complexity index is 840. The summed E-state index contributed by atoms with van der Waals surface area (Å²) in [6, 6.07) is 11.3. The molecule has 2 aromatic rings. The predicted molar refractivity (Wildman–Crippen MR) is 118 cm³/mol. The molecule has 0 aliphatic carbocycles. The fourth-order valence-corrected chi connectivity index (χ4v) is 3.10. The first kappa shape index (κ1) is 22.7. The van der Waals surface area contributed by atoms with Gasteiger partial charge in [-0.15, -0.1) is 0 Å². The van der Waals surface area contributed by atoms with Gasteiger partial charge < -0.3 is 14.2 Å². The lowest BCUT2D eigenvalue weighted by molar-refractivity contribution is -0.123. The van der Waals surface area contributed by atoms with Gasteiger partial charge in [0.1, 0.15) is 5.75 Å². The van der Waals surface area contributed by atoms with Gasteiger partial charge in [-0.05, 0) is 70.2 Å². The van der Waals surface area contributed by atoms with Gasteiger partial charge in [0.15, 0.2) is 18.1 Å². The quantitative estimate of drug-likeness (QED) is 0.387. The van der Waals surface area contributed by atoms with Crippen LogP contribution < -0.4 is 19.6 Å². The van der Waals surface area contributed by atoms with Crippen molar-refractivity contribution < 1.29 is 19.0 Å². The van der Waals surface area contributed by atoms with Gasteiger partial charge in [-0.2, -0.15) is 5.10 Å². The van der Waals surface area contributed by atoms with Gasteiger partial charge in [-0.25, -0.2) is 5.43 Å². The zero-order chi connectivity index (χ0) is 21.1. The number of methoxy groups -OCH3 is 1. The number of amides is 1. The summed E-state index contributed by atoms with van der Waals surface area (Å²) in [6.45, 7) is 4.67. The van der Waals surface area contributed by atoms with Gasteiger partial charge in [0, 0.05) is 0 Å². The third-order valence-corrected chi connectivity index (χ3v) is 4.57. The van der Waals surface area contributed by atoms with E-state index in [9.17, 15) is 4.79 Å². The van der Waals surface area contributed by atoms with Crippen LogP contribution in [0.4, 0.5) is 0 Å². The van der Waals surface area contributed by atoms with Crippen molar-refractivity contribution in [3.63, 3.8) is 0 Å². The molecular weight excluding hydrogens is 436 g/mol. The standard InChI is InChI=1S/C22H27BrN2O4/c1-4-6-16-7-9-19(18(23)12-16)29-15-22(26)25-24-14-17-8-10-20(28-11-5-2)21(13-17)27-3/h7-10,12-14H,4-6,11,15H2,1-3H3,(H,25,26)/b24-14+. The zero-order valence-corrected chi connectivity index (χ0v) is 18.6. The smallest absolute Gasteiger partial charge is 0.277 e. The molecule has 6 nitrogen and oxygen atoms in total. The lowest BCUT2D eigenvalue weighted by Crippen LogP contribution is -2.24. The molecule has 0 bridgehead atoms. The minimum Gasteiger partial charge on any atom is -0.493 e. The van der Waals surface area contributed by atoms with Crippen molar-refractivity contribution in [2.45, 2.75) is 33.1 Å². The highest BCUT2D eigenvalue weighted by Crippen LogP contribution is 2.28. The summed E-state index contributed by atoms with van der Waals surface area (Å²) in [5.74, 6) is 1.57. The molecule has 156 valence electrons. The maximum atomic E-state index is 12.0. The van der Waals surface area contributed by atoms with Crippen LogP contribution >= 0.6 is 15.9 Å². The topological polar surface area (TPSA) is 69.2 Å². The fraction of sp³-hybridized carbons (Fsp3) is 0.364. The van der Waals surface area contributed by atoms with E-state index in [-0.39, 0.29) is 12.5 Å². The SMILES string of the molecule is CCCOc1ccc(/C=N/NC(=O)COc2ccc(CCC)cc2Br)cc1OC. The highest BCUT2D eigenvalue weighted by molar-refractivity contribution is 9.10. The molecule has 0 fully saturated rings. The second-order valence-electron chi connectivity index (χ2n) is 6.36. The molecule has 0 aromatic heterocycles. The van der Waals surface area contributed by atoms with Gasteiger partial charge in [0.05, 0.1) is 24.4 Å². The summed E-state index contributed by atoms with van der Waals surface area (Å²) in [6.07, 6.45) is 4.54. The number of benzene rings is 2. The van der Waals surface area contributed by atoms with E-state index in [1.807, 2.05) is 37.3 Å². The van der Waals surface area contributed by atoms with Crippen LogP contribution in [0.2, 0.25) is 0 Å². The van der Waals surface area contributed by atoms with E-state index < -0.39 is 0 Å². The highest BCUT2D eigenvalue weighted by atomic mass is 79.9. The molecule has 0 radical (unpaired) electrons. The molecule has 0 saturated carbocycles. The Morgan fingerprint density at radius 1 is 1.07 bits per heavy atom. The van der Waals surface area contributed by atoms with Gasteiger partial charge >= 0.3 is 0 Å². The number of aryl methyl sites for hydroxylation is 1. The Hall–Kier alpha value is -2.54. The van der Waals surface area contributed by atoms with Crippen LogP contribution in [0.1, 0.15) is 37.8 Å². The Labute approximate surface area is 180 Å². The number of ether oxygens (including phenoxy) is 3. The van der Waals surface area contributed by atoms with Crippen molar-refractivity contribution in [2.75, 3.05) is 20.3 Å². The van der Waals surface area contributed by atoms with Crippen LogP contribution in [-0.4, -0.2) is 32.4 Å². The van der Waals surface area contributed by atoms with Crippen molar-refractivity contribution in [1.29, 1.82) is 0 Å². The predicted octanol–water partition coefficient (Wildman–Crippen LogP) is 4.73. The third kappa shape index (κ3) is 7.42. The summed E-state index contributed by atoms with van der Waals surface area (Å²) in [5, 5.41) is 3.97. The summed E-state index contributed by atoms with van der Waals surface area (Å²) in [7, 11) is 1.58. The number of nitrogens with zero attached hydrogens (tertiary/aromatic N) is 1. The highest BCUT2D eigenvalue weighted by Gasteiger charge is 2.07. The van der Waals surface area contributed by atoms with E-state index >= 15 is 0 Å². The van der Waals surface area contributed by atoms with Crippen LogP contribution in [0, 0.1) is 0 Å². The number of rotatable bonds is 11. The second-order valence-corrected chi connectivity index (χ2v) is 7.21. The fourth-order valence-electron chi connectivity index (χ4n) is 2.56. The number of carbonyl (C=O) groups is 1. The van der Waals surface area contributed by atoms with Gasteiger partial charge in [0.2, 0.25) is 0 Å². The van der Waals surface area contributed by atoms with Crippen molar-refractivity contribution in [2.24, 2.45) is 5.10 Å². The lowest BCUT2D eigenvalue weighted by atomic mass is 10.1. The van der Waals surface area contributed by atoms with E-state index in [1.54, 1.807) is 19.4 Å². The lowest BCUT2D eigenvalue weighted by Gasteiger charge is -2.10. The van der Waals surface area contributed by atoms with Gasteiger partial charge in [-0.3, -0.25) is 4.79 Å². The molecule has 0 heterocycles. The van der Waals surface area contributed by atoms with Crippen LogP contribution in [0.3, 0.4) is 0 Å². The largest absolute Gasteiger partial charge is 0.493 e. The number of hydrazone groups is 1. The molecule has 29 heavy (non-hydrogen) atoms. The first-order valence-electron chi connectivity index (χ1n) is 9.61. The average Bonchev–Trinajstić information content (AvgIpc) is 2.72. The molecule has 0 atom stereocenters. The molecule has 0 aliphatic rings. The van der Waals surface area contributed by atoms with E-state index in [4.69, 9.17) is 14.2 Å². The third-order valence-electron chi connectivity index (χ3n) is 3.95. The molecule has 0 aliphatic heterocycles. The first-order chi connectivity index (χ1) is 14.1. The number of nitrogens with one attached hydrogen (secondary N) is 1. The van der Waals surface area contributed by atoms with E-state index in [0.29, 0.717) is 23.9 Å².